The SMILES string of the molecule is COc1ccc(COC[C@H](C)CC[C@@H](C[C@H](OC)/C(C)=C/I)O[Si](C(C)C)(C(C)C)C(C)C)cc1. The number of halogens is 1. The third-order valence-electron chi connectivity index (χ3n) is 7.33. The quantitative estimate of drug-likeness (QED) is 0.129. The lowest BCUT2D eigenvalue weighted by Gasteiger charge is -2.45. The Labute approximate surface area is 230 Å². The van der Waals surface area contributed by atoms with Gasteiger partial charge in [0, 0.05) is 26.2 Å². The van der Waals surface area contributed by atoms with E-state index in [1.165, 1.54) is 11.1 Å². The Morgan fingerprint density at radius 3 is 1.94 bits per heavy atom. The van der Waals surface area contributed by atoms with Gasteiger partial charge in [-0.15, -0.1) is 0 Å². The molecule has 0 saturated carbocycles. The predicted molar refractivity (Wildman–Crippen MR) is 160 cm³/mol. The second kappa shape index (κ2) is 16.4. The highest BCUT2D eigenvalue weighted by Gasteiger charge is 2.46. The molecule has 1 rings (SSSR count). The first-order chi connectivity index (χ1) is 16.5. The highest BCUT2D eigenvalue weighted by Crippen LogP contribution is 2.44. The first-order valence-corrected chi connectivity index (χ1v) is 16.6. The molecule has 0 aliphatic carbocycles. The Kier molecular flexibility index (Phi) is 15.3. The van der Waals surface area contributed by atoms with Crippen molar-refractivity contribution in [1.29, 1.82) is 0 Å². The van der Waals surface area contributed by atoms with E-state index in [4.69, 9.17) is 18.6 Å². The van der Waals surface area contributed by atoms with Crippen molar-refractivity contribution in [1.82, 2.24) is 0 Å². The van der Waals surface area contributed by atoms with Gasteiger partial charge in [0.05, 0.1) is 19.8 Å². The molecule has 0 saturated heterocycles. The van der Waals surface area contributed by atoms with Crippen LogP contribution in [0.15, 0.2) is 33.9 Å². The lowest BCUT2D eigenvalue weighted by Crippen LogP contribution is -2.50. The number of hydrogen-bond acceptors (Lipinski definition) is 4. The maximum Gasteiger partial charge on any atom is 0.200 e. The molecule has 0 N–H and O–H groups in total. The van der Waals surface area contributed by atoms with Crippen LogP contribution in [0, 0.1) is 5.92 Å². The zero-order chi connectivity index (χ0) is 26.6. The van der Waals surface area contributed by atoms with Crippen LogP contribution in [0.4, 0.5) is 0 Å². The summed E-state index contributed by atoms with van der Waals surface area (Å²) in [6.07, 6.45) is 3.30. The molecule has 202 valence electrons. The molecule has 0 spiro atoms. The lowest BCUT2D eigenvalue weighted by atomic mass is 9.98. The summed E-state index contributed by atoms with van der Waals surface area (Å²) in [7, 11) is 1.52. The molecule has 0 amide bonds. The highest BCUT2D eigenvalue weighted by molar-refractivity contribution is 14.1. The van der Waals surface area contributed by atoms with Crippen LogP contribution in [0.5, 0.6) is 5.75 Å². The topological polar surface area (TPSA) is 36.9 Å². The van der Waals surface area contributed by atoms with Crippen molar-refractivity contribution in [3.05, 3.63) is 39.5 Å². The molecule has 0 aliphatic rings. The Balaban J connectivity index is 2.86. The molecule has 1 aromatic carbocycles. The smallest absolute Gasteiger partial charge is 0.200 e. The van der Waals surface area contributed by atoms with Crippen molar-refractivity contribution in [2.75, 3.05) is 20.8 Å². The van der Waals surface area contributed by atoms with E-state index in [2.05, 4.69) is 94.2 Å². The summed E-state index contributed by atoms with van der Waals surface area (Å²) in [6, 6.07) is 8.10. The zero-order valence-corrected chi connectivity index (χ0v) is 27.1. The van der Waals surface area contributed by atoms with E-state index >= 15 is 0 Å². The molecule has 0 aromatic heterocycles. The first kappa shape index (κ1) is 32.6. The zero-order valence-electron chi connectivity index (χ0n) is 23.9. The fraction of sp³-hybridized carbons (Fsp3) is 0.724. The number of ether oxygens (including phenoxy) is 3. The van der Waals surface area contributed by atoms with Gasteiger partial charge in [0.2, 0.25) is 8.32 Å². The predicted octanol–water partition coefficient (Wildman–Crippen LogP) is 8.93. The molecule has 0 aliphatic heterocycles. The van der Waals surface area contributed by atoms with Crippen LogP contribution in [0.1, 0.15) is 80.2 Å². The van der Waals surface area contributed by atoms with Gasteiger partial charge in [-0.05, 0) is 69.7 Å². The third-order valence-corrected chi connectivity index (χ3v) is 14.5. The van der Waals surface area contributed by atoms with Gasteiger partial charge in [-0.1, -0.05) is 83.2 Å². The van der Waals surface area contributed by atoms with Gasteiger partial charge in [-0.25, -0.2) is 0 Å². The van der Waals surface area contributed by atoms with E-state index in [1.807, 2.05) is 19.2 Å². The Morgan fingerprint density at radius 1 is 0.914 bits per heavy atom. The molecule has 1 aromatic rings. The van der Waals surface area contributed by atoms with Crippen molar-refractivity contribution < 1.29 is 18.6 Å². The standard InChI is InChI=1S/C29H51IO4Si/c1-21(2)35(22(3)4,23(5)6)34-28(17-29(32-10)25(8)18-30)14-11-24(7)19-33-20-26-12-15-27(31-9)16-13-26/h12-13,15-16,18,21-24,28-29H,11,14,17,19-20H2,1-10H3/b25-18+/t24-,28+,29+/m1/s1. The number of hydrogen-bond donors (Lipinski definition) is 0. The van der Waals surface area contributed by atoms with Crippen molar-refractivity contribution in [3.63, 3.8) is 0 Å². The van der Waals surface area contributed by atoms with Crippen molar-refractivity contribution >= 4 is 30.9 Å². The minimum atomic E-state index is -1.98. The van der Waals surface area contributed by atoms with Crippen LogP contribution < -0.4 is 4.74 Å². The second-order valence-corrected chi connectivity index (χ2v) is 16.9. The van der Waals surface area contributed by atoms with Gasteiger partial charge in [-0.2, -0.15) is 0 Å². The van der Waals surface area contributed by atoms with Gasteiger partial charge in [-0.3, -0.25) is 0 Å². The molecule has 0 bridgehead atoms. The summed E-state index contributed by atoms with van der Waals surface area (Å²) in [5, 5.41) is 0. The Hall–Kier alpha value is -0.413. The molecule has 0 heterocycles. The van der Waals surface area contributed by atoms with Gasteiger partial charge in [0.25, 0.3) is 0 Å². The Bertz CT molecular complexity index is 711. The molecule has 6 heteroatoms. The largest absolute Gasteiger partial charge is 0.497 e. The van der Waals surface area contributed by atoms with Crippen molar-refractivity contribution in [3.8, 4) is 5.75 Å². The van der Waals surface area contributed by atoms with E-state index in [1.54, 1.807) is 7.11 Å². The van der Waals surface area contributed by atoms with Gasteiger partial charge < -0.3 is 18.6 Å². The number of benzene rings is 1. The van der Waals surface area contributed by atoms with Crippen LogP contribution in [0.2, 0.25) is 16.6 Å². The van der Waals surface area contributed by atoms with E-state index < -0.39 is 8.32 Å². The fourth-order valence-corrected chi connectivity index (χ4v) is 11.4. The maximum atomic E-state index is 7.27. The van der Waals surface area contributed by atoms with Crippen molar-refractivity contribution in [2.45, 2.75) is 110 Å². The van der Waals surface area contributed by atoms with Crippen LogP contribution in [-0.4, -0.2) is 41.4 Å². The summed E-state index contributed by atoms with van der Waals surface area (Å²) in [5.74, 6) is 1.34. The summed E-state index contributed by atoms with van der Waals surface area (Å²) >= 11 is 2.32. The molecule has 0 fully saturated rings. The molecule has 3 atom stereocenters. The van der Waals surface area contributed by atoms with Gasteiger partial charge in [0.1, 0.15) is 5.75 Å². The molecule has 4 nitrogen and oxygen atoms in total. The summed E-state index contributed by atoms with van der Waals surface area (Å²) in [6.45, 7) is 20.0. The average molecular weight is 619 g/mol. The van der Waals surface area contributed by atoms with Crippen molar-refractivity contribution in [2.24, 2.45) is 5.92 Å². The molecular weight excluding hydrogens is 567 g/mol. The minimum absolute atomic E-state index is 0.0942. The monoisotopic (exact) mass is 618 g/mol. The van der Waals surface area contributed by atoms with E-state index in [0.717, 1.165) is 31.6 Å². The average Bonchev–Trinajstić information content (AvgIpc) is 2.82. The maximum absolute atomic E-state index is 7.27. The summed E-state index contributed by atoms with van der Waals surface area (Å²) in [4.78, 5) is 0. The summed E-state index contributed by atoms with van der Waals surface area (Å²) < 4.78 is 26.6. The highest BCUT2D eigenvalue weighted by atomic mass is 127. The summed E-state index contributed by atoms with van der Waals surface area (Å²) in [5.41, 5.74) is 4.14. The third kappa shape index (κ3) is 10.1. The first-order valence-electron chi connectivity index (χ1n) is 13.2. The fourth-order valence-electron chi connectivity index (χ4n) is 5.35. The van der Waals surface area contributed by atoms with Gasteiger partial charge in [0.15, 0.2) is 0 Å². The molecule has 0 radical (unpaired) electrons. The second-order valence-electron chi connectivity index (χ2n) is 10.9. The molecule has 0 unspecified atom stereocenters. The molecule has 35 heavy (non-hydrogen) atoms. The van der Waals surface area contributed by atoms with Crippen LogP contribution >= 0.6 is 22.6 Å². The minimum Gasteiger partial charge on any atom is -0.497 e. The van der Waals surface area contributed by atoms with Gasteiger partial charge >= 0.3 is 0 Å². The van der Waals surface area contributed by atoms with E-state index in [-0.39, 0.29) is 12.2 Å². The van der Waals surface area contributed by atoms with E-state index in [9.17, 15) is 0 Å². The van der Waals surface area contributed by atoms with Crippen LogP contribution in [0.25, 0.3) is 0 Å². The normalized spacial score (nSPS) is 15.7. The van der Waals surface area contributed by atoms with E-state index in [0.29, 0.717) is 29.1 Å². The van der Waals surface area contributed by atoms with Crippen LogP contribution in [-0.2, 0) is 20.5 Å². The number of rotatable bonds is 17. The lowest BCUT2D eigenvalue weighted by molar-refractivity contribution is 0.0539. The van der Waals surface area contributed by atoms with Crippen LogP contribution in [0.3, 0.4) is 0 Å². The number of methoxy groups -OCH3 is 2. The molecular formula is C29H51IO4Si. The Morgan fingerprint density at radius 2 is 1.49 bits per heavy atom.